The average Bonchev–Trinajstić information content (AvgIpc) is 3.12. The fourth-order valence-electron chi connectivity index (χ4n) is 8.60. The standard InChI is InChI=1S/C32H47NO3/c1-32-19-18-27-26-17-15-25(36-2)20-22(26)14-16-28(27)31(32)23(21-29(32)34)10-8-9-13-30(35)33-24-11-6-4-3-5-7-12-24/h15,17,20,23-24,27-28,31H,3-14,16,18-19,21H2,1-2H3,(H,33,35)/t23-,27?,28?,31?,32-/m1/s1. The van der Waals surface area contributed by atoms with E-state index in [0.717, 1.165) is 63.5 Å². The normalized spacial score (nSPS) is 32.6. The van der Waals surface area contributed by atoms with Crippen molar-refractivity contribution in [1.82, 2.24) is 5.32 Å². The van der Waals surface area contributed by atoms with Gasteiger partial charge in [-0.15, -0.1) is 0 Å². The summed E-state index contributed by atoms with van der Waals surface area (Å²) in [6.07, 6.45) is 17.7. The van der Waals surface area contributed by atoms with Crippen molar-refractivity contribution < 1.29 is 14.3 Å². The van der Waals surface area contributed by atoms with Crippen LogP contribution in [0.3, 0.4) is 0 Å². The van der Waals surface area contributed by atoms with Gasteiger partial charge in [0.15, 0.2) is 0 Å². The second kappa shape index (κ2) is 11.3. The van der Waals surface area contributed by atoms with Gasteiger partial charge >= 0.3 is 0 Å². The van der Waals surface area contributed by atoms with Gasteiger partial charge in [-0.25, -0.2) is 0 Å². The number of Topliss-reactive ketones (excluding diaryl/α,β-unsaturated/α-hetero) is 1. The summed E-state index contributed by atoms with van der Waals surface area (Å²) in [7, 11) is 1.75. The highest BCUT2D eigenvalue weighted by Gasteiger charge is 2.58. The number of methoxy groups -OCH3 is 1. The molecule has 4 aliphatic rings. The first-order chi connectivity index (χ1) is 17.5. The fourth-order valence-corrected chi connectivity index (χ4v) is 8.60. The molecule has 0 saturated heterocycles. The third-order valence-electron chi connectivity index (χ3n) is 10.5. The van der Waals surface area contributed by atoms with Gasteiger partial charge in [-0.05, 0) is 98.3 Å². The highest BCUT2D eigenvalue weighted by Crippen LogP contribution is 2.62. The predicted molar refractivity (Wildman–Crippen MR) is 144 cm³/mol. The zero-order chi connectivity index (χ0) is 25.1. The molecule has 0 heterocycles. The van der Waals surface area contributed by atoms with E-state index in [2.05, 4.69) is 30.4 Å². The van der Waals surface area contributed by atoms with Gasteiger partial charge in [0.05, 0.1) is 7.11 Å². The van der Waals surface area contributed by atoms with E-state index in [1.807, 2.05) is 0 Å². The van der Waals surface area contributed by atoms with Gasteiger partial charge in [-0.3, -0.25) is 9.59 Å². The minimum Gasteiger partial charge on any atom is -0.497 e. The van der Waals surface area contributed by atoms with E-state index in [1.54, 1.807) is 7.11 Å². The van der Waals surface area contributed by atoms with Crippen molar-refractivity contribution in [2.45, 2.75) is 122 Å². The molecule has 1 aromatic carbocycles. The molecule has 3 saturated carbocycles. The first-order valence-electron chi connectivity index (χ1n) is 15.0. The molecule has 4 heteroatoms. The smallest absolute Gasteiger partial charge is 0.220 e. The molecular weight excluding hydrogens is 446 g/mol. The van der Waals surface area contributed by atoms with Crippen LogP contribution in [0.2, 0.25) is 0 Å². The largest absolute Gasteiger partial charge is 0.497 e. The Morgan fingerprint density at radius 1 is 1.06 bits per heavy atom. The Kier molecular flexibility index (Phi) is 8.08. The summed E-state index contributed by atoms with van der Waals surface area (Å²) in [5, 5.41) is 3.33. The Labute approximate surface area is 218 Å². The third-order valence-corrected chi connectivity index (χ3v) is 10.5. The highest BCUT2D eigenvalue weighted by molar-refractivity contribution is 5.87. The molecule has 4 nitrogen and oxygen atoms in total. The number of hydrogen-bond acceptors (Lipinski definition) is 3. The number of rotatable bonds is 7. The second-order valence-electron chi connectivity index (χ2n) is 12.6. The van der Waals surface area contributed by atoms with E-state index in [1.165, 1.54) is 49.7 Å². The average molecular weight is 494 g/mol. The predicted octanol–water partition coefficient (Wildman–Crippen LogP) is 7.14. The molecular formula is C32H47NO3. The number of carbonyl (C=O) groups is 2. The molecule has 1 amide bonds. The summed E-state index contributed by atoms with van der Waals surface area (Å²) in [6, 6.07) is 7.04. The van der Waals surface area contributed by atoms with Crippen LogP contribution in [0.4, 0.5) is 0 Å². The van der Waals surface area contributed by atoms with E-state index in [4.69, 9.17) is 4.74 Å². The van der Waals surface area contributed by atoms with Crippen molar-refractivity contribution in [1.29, 1.82) is 0 Å². The summed E-state index contributed by atoms with van der Waals surface area (Å²) in [6.45, 7) is 2.28. The number of benzene rings is 1. The van der Waals surface area contributed by atoms with Crippen molar-refractivity contribution in [3.05, 3.63) is 29.3 Å². The number of aryl methyl sites for hydroxylation is 1. The van der Waals surface area contributed by atoms with Crippen molar-refractivity contribution in [2.24, 2.45) is 23.2 Å². The lowest BCUT2D eigenvalue weighted by Crippen LogP contribution is -2.44. The van der Waals surface area contributed by atoms with Crippen LogP contribution in [0.1, 0.15) is 120 Å². The van der Waals surface area contributed by atoms with Crippen molar-refractivity contribution in [3.63, 3.8) is 0 Å². The third kappa shape index (κ3) is 5.24. The van der Waals surface area contributed by atoms with Crippen LogP contribution in [0, 0.1) is 23.2 Å². The molecule has 1 aromatic rings. The molecule has 0 radical (unpaired) electrons. The molecule has 198 valence electrons. The molecule has 0 spiro atoms. The van der Waals surface area contributed by atoms with Gasteiger partial charge < -0.3 is 10.1 Å². The first-order valence-corrected chi connectivity index (χ1v) is 15.0. The SMILES string of the molecule is COc1ccc2c(c1)CCC1C2CC[C@]2(C)C(=O)C[C@@H](CCCCC(=O)NC3CCCCCCC3)C12. The highest BCUT2D eigenvalue weighted by atomic mass is 16.5. The first kappa shape index (κ1) is 25.8. The summed E-state index contributed by atoms with van der Waals surface area (Å²) in [4.78, 5) is 25.9. The molecule has 4 aliphatic carbocycles. The monoisotopic (exact) mass is 493 g/mol. The maximum Gasteiger partial charge on any atom is 0.220 e. The van der Waals surface area contributed by atoms with E-state index in [-0.39, 0.29) is 11.3 Å². The molecule has 0 bridgehead atoms. The van der Waals surface area contributed by atoms with Crippen molar-refractivity contribution in [2.75, 3.05) is 7.11 Å². The van der Waals surface area contributed by atoms with E-state index >= 15 is 0 Å². The lowest BCUT2D eigenvalue weighted by Gasteiger charge is -2.50. The van der Waals surface area contributed by atoms with Crippen LogP contribution in [0.15, 0.2) is 18.2 Å². The van der Waals surface area contributed by atoms with Gasteiger partial charge in [0.2, 0.25) is 5.91 Å². The summed E-state index contributed by atoms with van der Waals surface area (Å²) in [5.74, 6) is 3.90. The molecule has 0 aromatic heterocycles. The number of nitrogens with one attached hydrogen (secondary N) is 1. The number of hydrogen-bond donors (Lipinski definition) is 1. The van der Waals surface area contributed by atoms with Crippen LogP contribution in [0.5, 0.6) is 5.75 Å². The van der Waals surface area contributed by atoms with Crippen LogP contribution in [-0.2, 0) is 16.0 Å². The Balaban J connectivity index is 1.17. The Morgan fingerprint density at radius 2 is 1.83 bits per heavy atom. The van der Waals surface area contributed by atoms with Crippen LogP contribution < -0.4 is 10.1 Å². The van der Waals surface area contributed by atoms with Crippen LogP contribution in [0.25, 0.3) is 0 Å². The number of ketones is 1. The number of unbranched alkanes of at least 4 members (excludes halogenated alkanes) is 1. The molecule has 3 fully saturated rings. The van der Waals surface area contributed by atoms with Gasteiger partial charge in [0.25, 0.3) is 0 Å². The van der Waals surface area contributed by atoms with Gasteiger partial charge in [0, 0.05) is 24.3 Å². The van der Waals surface area contributed by atoms with E-state index in [9.17, 15) is 9.59 Å². The van der Waals surface area contributed by atoms with Crippen molar-refractivity contribution in [3.8, 4) is 5.75 Å². The van der Waals surface area contributed by atoms with Gasteiger partial charge in [-0.2, -0.15) is 0 Å². The zero-order valence-corrected chi connectivity index (χ0v) is 22.7. The van der Waals surface area contributed by atoms with Gasteiger partial charge in [0.1, 0.15) is 11.5 Å². The minimum absolute atomic E-state index is 0.134. The molecule has 5 atom stereocenters. The van der Waals surface area contributed by atoms with E-state index < -0.39 is 0 Å². The molecule has 0 aliphatic heterocycles. The van der Waals surface area contributed by atoms with Gasteiger partial charge in [-0.1, -0.05) is 51.5 Å². The molecule has 1 N–H and O–H groups in total. The lowest BCUT2D eigenvalue weighted by molar-refractivity contribution is -0.129. The maximum absolute atomic E-state index is 13.3. The quantitative estimate of drug-likeness (QED) is 0.411. The minimum atomic E-state index is -0.134. The van der Waals surface area contributed by atoms with E-state index in [0.29, 0.717) is 41.9 Å². The number of amides is 1. The topological polar surface area (TPSA) is 55.4 Å². The molecule has 36 heavy (non-hydrogen) atoms. The number of carbonyl (C=O) groups excluding carboxylic acids is 2. The van der Waals surface area contributed by atoms with Crippen LogP contribution >= 0.6 is 0 Å². The number of ether oxygens (including phenoxy) is 1. The van der Waals surface area contributed by atoms with Crippen LogP contribution in [-0.4, -0.2) is 24.8 Å². The fraction of sp³-hybridized carbons (Fsp3) is 0.750. The maximum atomic E-state index is 13.3. The molecule has 3 unspecified atom stereocenters. The Bertz CT molecular complexity index is 933. The van der Waals surface area contributed by atoms with Crippen molar-refractivity contribution >= 4 is 11.7 Å². The number of fused-ring (bicyclic) bond motifs is 5. The summed E-state index contributed by atoms with van der Waals surface area (Å²) < 4.78 is 5.48. The Hall–Kier alpha value is -1.84. The zero-order valence-electron chi connectivity index (χ0n) is 22.7. The summed E-state index contributed by atoms with van der Waals surface area (Å²) >= 11 is 0. The Morgan fingerprint density at radius 3 is 2.61 bits per heavy atom. The second-order valence-corrected chi connectivity index (χ2v) is 12.6. The summed E-state index contributed by atoms with van der Waals surface area (Å²) in [5.41, 5.74) is 2.83. The lowest BCUT2D eigenvalue weighted by atomic mass is 9.54. The molecule has 5 rings (SSSR count).